The minimum atomic E-state index is -0.295. The summed E-state index contributed by atoms with van der Waals surface area (Å²) in [5.41, 5.74) is 3.41. The van der Waals surface area contributed by atoms with Crippen molar-refractivity contribution in [2.24, 2.45) is 5.92 Å². The molecule has 0 radical (unpaired) electrons. The number of carbonyl (C=O) groups excluding carboxylic acids is 1. The SMILES string of the molecule is CCN(Cc1cc(Br)ccc1F)C(=O)Cc1c(C)nn(CC(C)C)c1C. The molecule has 1 aromatic carbocycles. The van der Waals surface area contributed by atoms with Crippen LogP contribution in [0.4, 0.5) is 4.39 Å². The van der Waals surface area contributed by atoms with Crippen LogP contribution in [-0.2, 0) is 24.3 Å². The summed E-state index contributed by atoms with van der Waals surface area (Å²) >= 11 is 3.36. The highest BCUT2D eigenvalue weighted by Crippen LogP contribution is 2.20. The molecule has 0 spiro atoms. The lowest BCUT2D eigenvalue weighted by Gasteiger charge is -2.21. The number of likely N-dealkylation sites (N-methyl/N-ethyl adjacent to an activating group) is 1. The molecular weight excluding hydrogens is 397 g/mol. The van der Waals surface area contributed by atoms with Crippen LogP contribution >= 0.6 is 15.9 Å². The Bertz CT molecular complexity index is 786. The summed E-state index contributed by atoms with van der Waals surface area (Å²) < 4.78 is 16.8. The van der Waals surface area contributed by atoms with Crippen LogP contribution in [0.1, 0.15) is 43.3 Å². The van der Waals surface area contributed by atoms with Crippen LogP contribution in [0.25, 0.3) is 0 Å². The number of amides is 1. The Balaban J connectivity index is 2.17. The van der Waals surface area contributed by atoms with Gasteiger partial charge in [-0.3, -0.25) is 9.48 Å². The fourth-order valence-electron chi connectivity index (χ4n) is 3.02. The van der Waals surface area contributed by atoms with Crippen LogP contribution in [0, 0.1) is 25.6 Å². The van der Waals surface area contributed by atoms with Crippen molar-refractivity contribution >= 4 is 21.8 Å². The van der Waals surface area contributed by atoms with E-state index in [9.17, 15) is 9.18 Å². The summed E-state index contributed by atoms with van der Waals surface area (Å²) in [6, 6.07) is 4.80. The zero-order valence-electron chi connectivity index (χ0n) is 16.1. The summed E-state index contributed by atoms with van der Waals surface area (Å²) in [6.45, 7) is 11.8. The predicted octanol–water partition coefficient (Wildman–Crippen LogP) is 4.65. The van der Waals surface area contributed by atoms with Gasteiger partial charge in [0, 0.05) is 40.9 Å². The van der Waals surface area contributed by atoms with Crippen LogP contribution in [0.2, 0.25) is 0 Å². The van der Waals surface area contributed by atoms with Crippen molar-refractivity contribution < 1.29 is 9.18 Å². The molecule has 1 amide bonds. The second kappa shape index (κ2) is 8.80. The Morgan fingerprint density at radius 1 is 1.35 bits per heavy atom. The van der Waals surface area contributed by atoms with Crippen LogP contribution in [-0.4, -0.2) is 27.1 Å². The number of aromatic nitrogens is 2. The molecule has 0 aliphatic heterocycles. The predicted molar refractivity (Wildman–Crippen MR) is 105 cm³/mol. The van der Waals surface area contributed by atoms with E-state index in [4.69, 9.17) is 0 Å². The third kappa shape index (κ3) is 4.93. The number of nitrogens with zero attached hydrogens (tertiary/aromatic N) is 3. The molecule has 0 unspecified atom stereocenters. The van der Waals surface area contributed by atoms with E-state index in [0.29, 0.717) is 24.4 Å². The third-order valence-corrected chi connectivity index (χ3v) is 4.99. The maximum absolute atomic E-state index is 14.0. The van der Waals surface area contributed by atoms with Gasteiger partial charge in [0.2, 0.25) is 5.91 Å². The lowest BCUT2D eigenvalue weighted by atomic mass is 10.1. The van der Waals surface area contributed by atoms with Gasteiger partial charge in [0.1, 0.15) is 5.82 Å². The van der Waals surface area contributed by atoms with E-state index in [2.05, 4.69) is 34.9 Å². The topological polar surface area (TPSA) is 38.1 Å². The van der Waals surface area contributed by atoms with Gasteiger partial charge in [0.15, 0.2) is 0 Å². The van der Waals surface area contributed by atoms with Gasteiger partial charge < -0.3 is 4.90 Å². The lowest BCUT2D eigenvalue weighted by molar-refractivity contribution is -0.130. The van der Waals surface area contributed by atoms with E-state index in [1.54, 1.807) is 17.0 Å². The summed E-state index contributed by atoms with van der Waals surface area (Å²) in [5.74, 6) is 0.182. The van der Waals surface area contributed by atoms with E-state index in [1.165, 1.54) is 6.07 Å². The van der Waals surface area contributed by atoms with E-state index in [0.717, 1.165) is 28.0 Å². The molecule has 0 saturated heterocycles. The van der Waals surface area contributed by atoms with Gasteiger partial charge >= 0.3 is 0 Å². The molecule has 0 aliphatic carbocycles. The van der Waals surface area contributed by atoms with Crippen molar-refractivity contribution in [3.63, 3.8) is 0 Å². The number of hydrogen-bond acceptors (Lipinski definition) is 2. The van der Waals surface area contributed by atoms with Gasteiger partial charge in [-0.25, -0.2) is 4.39 Å². The van der Waals surface area contributed by atoms with Crippen LogP contribution in [0.3, 0.4) is 0 Å². The molecule has 2 rings (SSSR count). The average Bonchev–Trinajstić information content (AvgIpc) is 2.82. The Morgan fingerprint density at radius 2 is 2.04 bits per heavy atom. The molecule has 142 valence electrons. The van der Waals surface area contributed by atoms with Gasteiger partial charge in [0.05, 0.1) is 12.1 Å². The molecule has 0 N–H and O–H groups in total. The van der Waals surface area contributed by atoms with Crippen LogP contribution < -0.4 is 0 Å². The van der Waals surface area contributed by atoms with Crippen molar-refractivity contribution in [3.8, 4) is 0 Å². The first-order valence-electron chi connectivity index (χ1n) is 8.97. The summed E-state index contributed by atoms with van der Waals surface area (Å²) in [6.07, 6.45) is 0.291. The Kier molecular flexibility index (Phi) is 6.98. The molecule has 6 heteroatoms. The zero-order valence-corrected chi connectivity index (χ0v) is 17.7. The largest absolute Gasteiger partial charge is 0.338 e. The van der Waals surface area contributed by atoms with Gasteiger partial charge in [0.25, 0.3) is 0 Å². The fraction of sp³-hybridized carbons (Fsp3) is 0.500. The minimum Gasteiger partial charge on any atom is -0.338 e. The smallest absolute Gasteiger partial charge is 0.227 e. The first kappa shape index (κ1) is 20.6. The number of hydrogen-bond donors (Lipinski definition) is 0. The molecule has 0 aliphatic rings. The molecule has 0 atom stereocenters. The van der Waals surface area contributed by atoms with Crippen molar-refractivity contribution in [1.82, 2.24) is 14.7 Å². The highest BCUT2D eigenvalue weighted by molar-refractivity contribution is 9.10. The number of halogens is 2. The second-order valence-corrected chi connectivity index (χ2v) is 7.96. The quantitative estimate of drug-likeness (QED) is 0.649. The highest BCUT2D eigenvalue weighted by Gasteiger charge is 2.20. The Hall–Kier alpha value is -1.69. The molecule has 4 nitrogen and oxygen atoms in total. The Labute approximate surface area is 163 Å². The van der Waals surface area contributed by atoms with Crippen molar-refractivity contribution in [2.45, 2.75) is 54.1 Å². The first-order valence-corrected chi connectivity index (χ1v) is 9.76. The number of benzene rings is 1. The normalized spacial score (nSPS) is 11.2. The van der Waals surface area contributed by atoms with Crippen LogP contribution in [0.5, 0.6) is 0 Å². The number of rotatable bonds is 7. The summed E-state index contributed by atoms with van der Waals surface area (Å²) in [5, 5.41) is 4.58. The standard InChI is InChI=1S/C20H27BrFN3O/c1-6-24(12-16-9-17(21)7-8-19(16)22)20(26)10-18-14(4)23-25(15(18)5)11-13(2)3/h7-9,13H,6,10-12H2,1-5H3. The molecule has 2 aromatic rings. The molecule has 0 saturated carbocycles. The molecule has 0 bridgehead atoms. The van der Waals surface area contributed by atoms with Crippen molar-refractivity contribution in [2.75, 3.05) is 6.54 Å². The highest BCUT2D eigenvalue weighted by atomic mass is 79.9. The van der Waals surface area contributed by atoms with Crippen molar-refractivity contribution in [3.05, 3.63) is 51.0 Å². The van der Waals surface area contributed by atoms with Gasteiger partial charge in [-0.05, 0) is 44.9 Å². The molecule has 1 aromatic heterocycles. The molecule has 0 fully saturated rings. The van der Waals surface area contributed by atoms with E-state index in [1.807, 2.05) is 25.5 Å². The molecule has 26 heavy (non-hydrogen) atoms. The average molecular weight is 424 g/mol. The van der Waals surface area contributed by atoms with Crippen molar-refractivity contribution in [1.29, 1.82) is 0 Å². The maximum Gasteiger partial charge on any atom is 0.227 e. The van der Waals surface area contributed by atoms with E-state index in [-0.39, 0.29) is 18.3 Å². The summed E-state index contributed by atoms with van der Waals surface area (Å²) in [7, 11) is 0. The lowest BCUT2D eigenvalue weighted by Crippen LogP contribution is -2.32. The van der Waals surface area contributed by atoms with E-state index >= 15 is 0 Å². The van der Waals surface area contributed by atoms with Gasteiger partial charge in [-0.15, -0.1) is 0 Å². The monoisotopic (exact) mass is 423 g/mol. The number of carbonyl (C=O) groups is 1. The maximum atomic E-state index is 14.0. The Morgan fingerprint density at radius 3 is 2.65 bits per heavy atom. The van der Waals surface area contributed by atoms with Gasteiger partial charge in [-0.2, -0.15) is 5.10 Å². The zero-order chi connectivity index (χ0) is 19.4. The fourth-order valence-corrected chi connectivity index (χ4v) is 3.43. The first-order chi connectivity index (χ1) is 12.2. The minimum absolute atomic E-state index is 0.0119. The van der Waals surface area contributed by atoms with Crippen LogP contribution in [0.15, 0.2) is 22.7 Å². The van der Waals surface area contributed by atoms with Gasteiger partial charge in [-0.1, -0.05) is 29.8 Å². The van der Waals surface area contributed by atoms with E-state index < -0.39 is 0 Å². The second-order valence-electron chi connectivity index (χ2n) is 7.05. The third-order valence-electron chi connectivity index (χ3n) is 4.50. The molecule has 1 heterocycles. The summed E-state index contributed by atoms with van der Waals surface area (Å²) in [4.78, 5) is 14.5. The number of aryl methyl sites for hydroxylation is 1. The molecular formula is C20H27BrFN3O.